The summed E-state index contributed by atoms with van der Waals surface area (Å²) in [7, 11) is 1.14. The summed E-state index contributed by atoms with van der Waals surface area (Å²) in [5.41, 5.74) is 4.35. The highest BCUT2D eigenvalue weighted by Gasteiger charge is 2.34. The fourth-order valence-electron chi connectivity index (χ4n) is 4.42. The summed E-state index contributed by atoms with van der Waals surface area (Å²) >= 11 is 0. The van der Waals surface area contributed by atoms with Gasteiger partial charge in [0.05, 0.1) is 13.5 Å². The number of hydrogen-bond acceptors (Lipinski definition) is 6. The van der Waals surface area contributed by atoms with Crippen molar-refractivity contribution in [3.05, 3.63) is 59.7 Å². The summed E-state index contributed by atoms with van der Waals surface area (Å²) in [5.74, 6) is -2.67. The Bertz CT molecular complexity index is 1080. The first kappa shape index (κ1) is 24.3. The molecule has 2 atom stereocenters. The number of nitrogens with one attached hydrogen (secondary N) is 2. The third-order valence-corrected chi connectivity index (χ3v) is 6.43. The van der Waals surface area contributed by atoms with E-state index in [2.05, 4.69) is 15.4 Å². The average Bonchev–Trinajstić information content (AvgIpc) is 3.62. The van der Waals surface area contributed by atoms with E-state index in [1.54, 1.807) is 0 Å². The molecule has 9 heteroatoms. The second kappa shape index (κ2) is 10.6. The Balaban J connectivity index is 1.40. The summed E-state index contributed by atoms with van der Waals surface area (Å²) in [6.45, 7) is 0.0950. The molecular weight excluding hydrogens is 452 g/mol. The van der Waals surface area contributed by atoms with Gasteiger partial charge in [0.2, 0.25) is 5.91 Å². The molecule has 9 nitrogen and oxygen atoms in total. The van der Waals surface area contributed by atoms with Gasteiger partial charge in [-0.05, 0) is 34.6 Å². The minimum absolute atomic E-state index is 0.0950. The van der Waals surface area contributed by atoms with E-state index in [9.17, 15) is 24.3 Å². The van der Waals surface area contributed by atoms with Crippen LogP contribution in [-0.4, -0.2) is 54.8 Å². The second-order valence-electron chi connectivity index (χ2n) is 8.88. The number of esters is 1. The maximum atomic E-state index is 12.8. The molecule has 2 aliphatic carbocycles. The quantitative estimate of drug-likeness (QED) is 0.446. The van der Waals surface area contributed by atoms with Gasteiger partial charge >= 0.3 is 18.0 Å². The third-order valence-electron chi connectivity index (χ3n) is 6.43. The molecule has 3 N–H and O–H groups in total. The zero-order valence-corrected chi connectivity index (χ0v) is 19.4. The molecule has 1 saturated carbocycles. The molecule has 2 amide bonds. The summed E-state index contributed by atoms with van der Waals surface area (Å²) < 4.78 is 10.0. The molecule has 0 radical (unpaired) electrons. The molecule has 1 unspecified atom stereocenters. The van der Waals surface area contributed by atoms with E-state index in [4.69, 9.17) is 4.74 Å². The molecule has 2 aromatic carbocycles. The number of benzene rings is 2. The predicted molar refractivity (Wildman–Crippen MR) is 126 cm³/mol. The van der Waals surface area contributed by atoms with E-state index in [0.29, 0.717) is 6.42 Å². The van der Waals surface area contributed by atoms with Crippen molar-refractivity contribution >= 4 is 23.9 Å². The van der Waals surface area contributed by atoms with Crippen molar-refractivity contribution in [3.63, 3.8) is 0 Å². The molecule has 0 aliphatic heterocycles. The largest absolute Gasteiger partial charge is 0.480 e. The number of carbonyl (C=O) groups is 4. The Hall–Kier alpha value is -3.88. The Morgan fingerprint density at radius 1 is 0.943 bits per heavy atom. The summed E-state index contributed by atoms with van der Waals surface area (Å²) in [4.78, 5) is 48.5. The number of hydrogen-bond donors (Lipinski definition) is 3. The SMILES string of the molecule is COC(=O)C[C@@H](NC(=O)C(CC1CC1)NC(=O)OCC1c2ccccc2-c2ccccc21)C(=O)O. The third kappa shape index (κ3) is 5.79. The van der Waals surface area contributed by atoms with Gasteiger partial charge in [0, 0.05) is 5.92 Å². The standard InChI is InChI=1S/C26H28N2O7/c1-34-23(29)13-22(25(31)32)27-24(30)21(12-15-10-11-15)28-26(33)35-14-20-18-8-4-2-6-16(18)17-7-3-5-9-19(17)20/h2-9,15,20-22H,10-14H2,1H3,(H,27,30)(H,28,33)(H,31,32)/t21?,22-/m1/s1. The van der Waals surface area contributed by atoms with Gasteiger partial charge in [-0.2, -0.15) is 0 Å². The van der Waals surface area contributed by atoms with Crippen LogP contribution in [0.25, 0.3) is 11.1 Å². The van der Waals surface area contributed by atoms with Crippen LogP contribution in [0.4, 0.5) is 4.79 Å². The van der Waals surface area contributed by atoms with Crippen molar-refractivity contribution in [3.8, 4) is 11.1 Å². The molecule has 0 spiro atoms. The lowest BCUT2D eigenvalue weighted by atomic mass is 9.98. The highest BCUT2D eigenvalue weighted by Crippen LogP contribution is 2.44. The molecule has 1 fully saturated rings. The fourth-order valence-corrected chi connectivity index (χ4v) is 4.42. The Morgan fingerprint density at radius 3 is 2.09 bits per heavy atom. The van der Waals surface area contributed by atoms with Crippen LogP contribution in [-0.2, 0) is 23.9 Å². The Kier molecular flexibility index (Phi) is 7.33. The maximum Gasteiger partial charge on any atom is 0.407 e. The van der Waals surface area contributed by atoms with Gasteiger partial charge in [0.15, 0.2) is 0 Å². The first-order valence-corrected chi connectivity index (χ1v) is 11.6. The fraction of sp³-hybridized carbons (Fsp3) is 0.385. The van der Waals surface area contributed by atoms with Crippen molar-refractivity contribution in [2.24, 2.45) is 5.92 Å². The van der Waals surface area contributed by atoms with Gasteiger partial charge in [-0.15, -0.1) is 0 Å². The highest BCUT2D eigenvalue weighted by atomic mass is 16.5. The molecule has 0 saturated heterocycles. The molecule has 35 heavy (non-hydrogen) atoms. The number of carbonyl (C=O) groups excluding carboxylic acids is 3. The second-order valence-corrected chi connectivity index (χ2v) is 8.88. The van der Waals surface area contributed by atoms with Crippen LogP contribution < -0.4 is 10.6 Å². The van der Waals surface area contributed by atoms with Gasteiger partial charge in [-0.1, -0.05) is 61.4 Å². The van der Waals surface area contributed by atoms with E-state index >= 15 is 0 Å². The van der Waals surface area contributed by atoms with Crippen LogP contribution in [0.5, 0.6) is 0 Å². The Morgan fingerprint density at radius 2 is 1.54 bits per heavy atom. The van der Waals surface area contributed by atoms with Crippen LogP contribution in [0.1, 0.15) is 42.7 Å². The molecule has 2 aliphatic rings. The zero-order valence-electron chi connectivity index (χ0n) is 19.4. The molecule has 2 aromatic rings. The number of methoxy groups -OCH3 is 1. The van der Waals surface area contributed by atoms with Crippen LogP contribution >= 0.6 is 0 Å². The topological polar surface area (TPSA) is 131 Å². The van der Waals surface area contributed by atoms with E-state index in [1.165, 1.54) is 0 Å². The molecule has 0 heterocycles. The number of alkyl carbamates (subject to hydrolysis) is 1. The number of fused-ring (bicyclic) bond motifs is 3. The zero-order chi connectivity index (χ0) is 24.9. The van der Waals surface area contributed by atoms with Crippen LogP contribution in [0.2, 0.25) is 0 Å². The number of carboxylic acids is 1. The molecule has 0 bridgehead atoms. The van der Waals surface area contributed by atoms with Crippen LogP contribution in [0.3, 0.4) is 0 Å². The van der Waals surface area contributed by atoms with Crippen LogP contribution in [0, 0.1) is 5.92 Å². The molecule has 0 aromatic heterocycles. The van der Waals surface area contributed by atoms with E-state index in [1.807, 2.05) is 48.5 Å². The lowest BCUT2D eigenvalue weighted by Crippen LogP contribution is -2.52. The van der Waals surface area contributed by atoms with Gasteiger partial charge in [-0.25, -0.2) is 9.59 Å². The van der Waals surface area contributed by atoms with Crippen molar-refractivity contribution in [2.45, 2.75) is 43.7 Å². The monoisotopic (exact) mass is 480 g/mol. The van der Waals surface area contributed by atoms with Gasteiger partial charge < -0.3 is 25.2 Å². The van der Waals surface area contributed by atoms with Gasteiger partial charge in [0.1, 0.15) is 18.7 Å². The lowest BCUT2D eigenvalue weighted by Gasteiger charge is -2.21. The average molecular weight is 481 g/mol. The minimum Gasteiger partial charge on any atom is -0.480 e. The Labute approximate surface area is 202 Å². The minimum atomic E-state index is -1.46. The summed E-state index contributed by atoms with van der Waals surface area (Å²) in [5, 5.41) is 14.3. The van der Waals surface area contributed by atoms with Gasteiger partial charge in [-0.3, -0.25) is 9.59 Å². The smallest absolute Gasteiger partial charge is 0.407 e. The van der Waals surface area contributed by atoms with Crippen molar-refractivity contribution in [1.29, 1.82) is 0 Å². The first-order valence-electron chi connectivity index (χ1n) is 11.6. The number of rotatable bonds is 10. The number of carboxylic acid groups (broad SMARTS) is 1. The van der Waals surface area contributed by atoms with E-state index in [-0.39, 0.29) is 18.4 Å². The lowest BCUT2D eigenvalue weighted by molar-refractivity contribution is -0.149. The first-order chi connectivity index (χ1) is 16.9. The predicted octanol–water partition coefficient (Wildman–Crippen LogP) is 2.83. The van der Waals surface area contributed by atoms with Crippen molar-refractivity contribution < 1.29 is 33.8 Å². The number of amides is 2. The van der Waals surface area contributed by atoms with Crippen molar-refractivity contribution in [1.82, 2.24) is 10.6 Å². The summed E-state index contributed by atoms with van der Waals surface area (Å²) in [6.07, 6.45) is 0.952. The van der Waals surface area contributed by atoms with Crippen molar-refractivity contribution in [2.75, 3.05) is 13.7 Å². The van der Waals surface area contributed by atoms with Crippen LogP contribution in [0.15, 0.2) is 48.5 Å². The van der Waals surface area contributed by atoms with Gasteiger partial charge in [0.25, 0.3) is 0 Å². The van der Waals surface area contributed by atoms with E-state index < -0.39 is 42.4 Å². The van der Waals surface area contributed by atoms with E-state index in [0.717, 1.165) is 42.2 Å². The highest BCUT2D eigenvalue weighted by molar-refractivity contribution is 5.91. The summed E-state index contributed by atoms with van der Waals surface area (Å²) in [6, 6.07) is 13.5. The molecule has 184 valence electrons. The normalized spacial score (nSPS) is 15.8. The molecular formula is C26H28N2O7. The molecule has 4 rings (SSSR count). The number of ether oxygens (including phenoxy) is 2. The maximum absolute atomic E-state index is 12.8. The number of aliphatic carboxylic acids is 1.